The number of carbonyl (C=O) groups is 2. The fourth-order valence-electron chi connectivity index (χ4n) is 3.83. The zero-order valence-corrected chi connectivity index (χ0v) is 18.1. The Hall–Kier alpha value is -3.64. The van der Waals surface area contributed by atoms with Crippen molar-refractivity contribution < 1.29 is 14.3 Å². The van der Waals surface area contributed by atoms with E-state index in [-0.39, 0.29) is 11.8 Å². The van der Waals surface area contributed by atoms with Gasteiger partial charge in [0.25, 0.3) is 0 Å². The maximum Gasteiger partial charge on any atom is 0.246 e. The van der Waals surface area contributed by atoms with Crippen molar-refractivity contribution in [1.82, 2.24) is 5.32 Å². The minimum absolute atomic E-state index is 0.138. The Morgan fingerprint density at radius 2 is 1.72 bits per heavy atom. The average molecular weight is 430 g/mol. The Morgan fingerprint density at radius 1 is 1.00 bits per heavy atom. The topological polar surface area (TPSA) is 70.7 Å². The number of carbonyl (C=O) groups excluding carboxylic acids is 2. The van der Waals surface area contributed by atoms with Gasteiger partial charge in [0.2, 0.25) is 11.8 Å². The van der Waals surface area contributed by atoms with E-state index in [4.69, 9.17) is 4.74 Å². The van der Waals surface area contributed by atoms with Gasteiger partial charge < -0.3 is 15.0 Å². The van der Waals surface area contributed by atoms with Gasteiger partial charge in [0.1, 0.15) is 11.8 Å². The highest BCUT2D eigenvalue weighted by Gasteiger charge is 2.22. The fraction of sp³-hybridized carbons (Fsp3) is 0.231. The third-order valence-electron chi connectivity index (χ3n) is 5.58. The SMILES string of the molecule is COc1ccc(NC(=O)C(NCc2ccc(N3CCCC3=O)cc2)c2ccccc2)cc1. The summed E-state index contributed by atoms with van der Waals surface area (Å²) in [6, 6.07) is 24.3. The molecule has 6 heteroatoms. The predicted molar refractivity (Wildman–Crippen MR) is 126 cm³/mol. The van der Waals surface area contributed by atoms with Crippen LogP contribution in [0, 0.1) is 0 Å². The molecule has 1 atom stereocenters. The highest BCUT2D eigenvalue weighted by molar-refractivity contribution is 5.96. The molecular weight excluding hydrogens is 402 g/mol. The van der Waals surface area contributed by atoms with Gasteiger partial charge in [-0.05, 0) is 53.9 Å². The maximum atomic E-state index is 13.1. The molecule has 4 rings (SSSR count). The summed E-state index contributed by atoms with van der Waals surface area (Å²) in [6.45, 7) is 1.29. The Bertz CT molecular complexity index is 1050. The molecule has 2 amide bonds. The third-order valence-corrected chi connectivity index (χ3v) is 5.58. The molecule has 1 aliphatic heterocycles. The molecule has 0 spiro atoms. The van der Waals surface area contributed by atoms with Crippen LogP contribution in [0.4, 0.5) is 11.4 Å². The molecule has 1 fully saturated rings. The van der Waals surface area contributed by atoms with Crippen LogP contribution in [0.15, 0.2) is 78.9 Å². The van der Waals surface area contributed by atoms with Crippen molar-refractivity contribution in [1.29, 1.82) is 0 Å². The second-order valence-electron chi connectivity index (χ2n) is 7.76. The number of hydrogen-bond acceptors (Lipinski definition) is 4. The number of benzene rings is 3. The zero-order chi connectivity index (χ0) is 22.3. The van der Waals surface area contributed by atoms with Crippen LogP contribution in [-0.2, 0) is 16.1 Å². The first-order chi connectivity index (χ1) is 15.6. The van der Waals surface area contributed by atoms with E-state index in [9.17, 15) is 9.59 Å². The van der Waals surface area contributed by atoms with Crippen LogP contribution in [0.3, 0.4) is 0 Å². The van der Waals surface area contributed by atoms with Crippen LogP contribution >= 0.6 is 0 Å². The molecule has 0 radical (unpaired) electrons. The van der Waals surface area contributed by atoms with Crippen LogP contribution in [0.25, 0.3) is 0 Å². The molecule has 3 aromatic rings. The Kier molecular flexibility index (Phi) is 6.82. The van der Waals surface area contributed by atoms with Crippen molar-refractivity contribution in [3.05, 3.63) is 90.0 Å². The quantitative estimate of drug-likeness (QED) is 0.560. The second-order valence-corrected chi connectivity index (χ2v) is 7.76. The Labute approximate surface area is 188 Å². The van der Waals surface area contributed by atoms with Gasteiger partial charge in [-0.25, -0.2) is 0 Å². The number of anilines is 2. The molecule has 1 saturated heterocycles. The zero-order valence-electron chi connectivity index (χ0n) is 18.1. The van der Waals surface area contributed by atoms with Crippen LogP contribution in [0.5, 0.6) is 5.75 Å². The number of nitrogens with one attached hydrogen (secondary N) is 2. The number of methoxy groups -OCH3 is 1. The summed E-state index contributed by atoms with van der Waals surface area (Å²) in [7, 11) is 1.61. The third kappa shape index (κ3) is 5.15. The smallest absolute Gasteiger partial charge is 0.246 e. The van der Waals surface area contributed by atoms with Crippen molar-refractivity contribution in [3.63, 3.8) is 0 Å². The predicted octanol–water partition coefficient (Wildman–Crippen LogP) is 4.29. The van der Waals surface area contributed by atoms with E-state index in [2.05, 4.69) is 10.6 Å². The first-order valence-electron chi connectivity index (χ1n) is 10.8. The number of nitrogens with zero attached hydrogens (tertiary/aromatic N) is 1. The molecule has 2 N–H and O–H groups in total. The van der Waals surface area contributed by atoms with Crippen LogP contribution < -0.4 is 20.3 Å². The summed E-state index contributed by atoms with van der Waals surface area (Å²) in [4.78, 5) is 26.9. The molecule has 0 aromatic heterocycles. The number of rotatable bonds is 8. The Balaban J connectivity index is 1.45. The van der Waals surface area contributed by atoms with Crippen LogP contribution in [0.1, 0.15) is 30.0 Å². The molecule has 6 nitrogen and oxygen atoms in total. The summed E-state index contributed by atoms with van der Waals surface area (Å²) >= 11 is 0. The van der Waals surface area contributed by atoms with Crippen molar-refractivity contribution >= 4 is 23.2 Å². The normalized spacial score (nSPS) is 14.3. The molecule has 0 bridgehead atoms. The first kappa shape index (κ1) is 21.6. The monoisotopic (exact) mass is 429 g/mol. The average Bonchev–Trinajstić information content (AvgIpc) is 3.26. The Morgan fingerprint density at radius 3 is 2.34 bits per heavy atom. The standard InChI is InChI=1S/C26H27N3O3/c1-32-23-15-11-21(12-16-23)28-26(31)25(20-6-3-2-4-7-20)27-18-19-9-13-22(14-10-19)29-17-5-8-24(29)30/h2-4,6-7,9-16,25,27H,5,8,17-18H2,1H3,(H,28,31). The van der Waals surface area contributed by atoms with Crippen molar-refractivity contribution in [2.24, 2.45) is 0 Å². The van der Waals surface area contributed by atoms with Crippen molar-refractivity contribution in [3.8, 4) is 5.75 Å². The summed E-state index contributed by atoms with van der Waals surface area (Å²) in [5.41, 5.74) is 3.56. The molecule has 1 heterocycles. The lowest BCUT2D eigenvalue weighted by Crippen LogP contribution is -2.32. The molecular formula is C26H27N3O3. The van der Waals surface area contributed by atoms with E-state index in [0.29, 0.717) is 18.7 Å². The van der Waals surface area contributed by atoms with Gasteiger partial charge in [-0.15, -0.1) is 0 Å². The van der Waals surface area contributed by atoms with Crippen LogP contribution in [0.2, 0.25) is 0 Å². The first-order valence-corrected chi connectivity index (χ1v) is 10.8. The fourth-order valence-corrected chi connectivity index (χ4v) is 3.83. The van der Waals surface area contributed by atoms with Crippen molar-refractivity contribution in [2.75, 3.05) is 23.9 Å². The lowest BCUT2D eigenvalue weighted by Gasteiger charge is -2.20. The van der Waals surface area contributed by atoms with E-state index in [1.807, 2.05) is 83.8 Å². The minimum Gasteiger partial charge on any atom is -0.497 e. The van der Waals surface area contributed by atoms with Crippen LogP contribution in [-0.4, -0.2) is 25.5 Å². The molecule has 3 aromatic carbocycles. The van der Waals surface area contributed by atoms with Crippen molar-refractivity contribution in [2.45, 2.75) is 25.4 Å². The van der Waals surface area contributed by atoms with Gasteiger partial charge in [0.15, 0.2) is 0 Å². The van der Waals surface area contributed by atoms with E-state index < -0.39 is 6.04 Å². The van der Waals surface area contributed by atoms with Gasteiger partial charge in [-0.2, -0.15) is 0 Å². The molecule has 0 saturated carbocycles. The minimum atomic E-state index is -0.516. The summed E-state index contributed by atoms with van der Waals surface area (Å²) in [5.74, 6) is 0.774. The molecule has 32 heavy (non-hydrogen) atoms. The van der Waals surface area contributed by atoms with Gasteiger partial charge in [-0.1, -0.05) is 42.5 Å². The number of hydrogen-bond donors (Lipinski definition) is 2. The van der Waals surface area contributed by atoms with E-state index in [1.54, 1.807) is 7.11 Å². The number of ether oxygens (including phenoxy) is 1. The van der Waals surface area contributed by atoms with Gasteiger partial charge in [0.05, 0.1) is 7.11 Å². The summed E-state index contributed by atoms with van der Waals surface area (Å²) in [5, 5.41) is 6.35. The highest BCUT2D eigenvalue weighted by Crippen LogP contribution is 2.23. The lowest BCUT2D eigenvalue weighted by molar-refractivity contribution is -0.118. The number of amides is 2. The van der Waals surface area contributed by atoms with E-state index in [1.165, 1.54) is 0 Å². The van der Waals surface area contributed by atoms with Gasteiger partial charge in [-0.3, -0.25) is 14.9 Å². The summed E-state index contributed by atoms with van der Waals surface area (Å²) in [6.07, 6.45) is 1.52. The lowest BCUT2D eigenvalue weighted by atomic mass is 10.1. The van der Waals surface area contributed by atoms with E-state index in [0.717, 1.165) is 35.5 Å². The largest absolute Gasteiger partial charge is 0.497 e. The summed E-state index contributed by atoms with van der Waals surface area (Å²) < 4.78 is 5.18. The second kappa shape index (κ2) is 10.1. The van der Waals surface area contributed by atoms with E-state index >= 15 is 0 Å². The maximum absolute atomic E-state index is 13.1. The molecule has 1 aliphatic rings. The molecule has 164 valence electrons. The molecule has 0 aliphatic carbocycles. The molecule has 1 unspecified atom stereocenters. The van der Waals surface area contributed by atoms with Gasteiger partial charge >= 0.3 is 0 Å². The van der Waals surface area contributed by atoms with Gasteiger partial charge in [0, 0.05) is 30.9 Å². The highest BCUT2D eigenvalue weighted by atomic mass is 16.5.